The van der Waals surface area contributed by atoms with E-state index >= 15 is 0 Å². The number of nitrogens with zero attached hydrogens (tertiary/aromatic N) is 3. The minimum atomic E-state index is 0.724. The first kappa shape index (κ1) is 12.2. The molecule has 4 nitrogen and oxygen atoms in total. The summed E-state index contributed by atoms with van der Waals surface area (Å²) in [6.45, 7) is 4.69. The van der Waals surface area contributed by atoms with Gasteiger partial charge in [-0.2, -0.15) is 0 Å². The molecule has 0 amide bonds. The molecule has 4 heteroatoms. The third kappa shape index (κ3) is 3.33. The van der Waals surface area contributed by atoms with Crippen molar-refractivity contribution >= 4 is 0 Å². The van der Waals surface area contributed by atoms with Gasteiger partial charge in [-0.3, -0.25) is 4.90 Å². The molecule has 1 aliphatic heterocycles. The quantitative estimate of drug-likeness (QED) is 0.828. The molecule has 1 atom stereocenters. The highest BCUT2D eigenvalue weighted by atomic mass is 15.2. The lowest BCUT2D eigenvalue weighted by atomic mass is 10.0. The zero-order chi connectivity index (χ0) is 12.2. The highest BCUT2D eigenvalue weighted by Crippen LogP contribution is 2.27. The molecule has 2 heterocycles. The number of piperidine rings is 1. The van der Waals surface area contributed by atoms with E-state index in [4.69, 9.17) is 0 Å². The topological polar surface area (TPSA) is 33.1 Å². The van der Waals surface area contributed by atoms with Crippen LogP contribution in [0.1, 0.15) is 32.1 Å². The molecule has 1 unspecified atom stereocenters. The summed E-state index contributed by atoms with van der Waals surface area (Å²) in [5.74, 6) is 0. The first-order valence-corrected chi connectivity index (χ1v) is 7.35. The van der Waals surface area contributed by atoms with Crippen molar-refractivity contribution in [1.29, 1.82) is 0 Å². The minimum Gasteiger partial charge on any atom is -0.336 e. The van der Waals surface area contributed by atoms with Crippen LogP contribution in [0.3, 0.4) is 0 Å². The van der Waals surface area contributed by atoms with Crippen LogP contribution in [0.2, 0.25) is 0 Å². The second kappa shape index (κ2) is 5.85. The van der Waals surface area contributed by atoms with Gasteiger partial charge in [0.1, 0.15) is 0 Å². The molecule has 1 aliphatic carbocycles. The van der Waals surface area contributed by atoms with Crippen molar-refractivity contribution < 1.29 is 0 Å². The predicted octanol–water partition coefficient (Wildman–Crippen LogP) is 1.49. The third-order valence-electron chi connectivity index (χ3n) is 4.14. The molecule has 0 spiro atoms. The van der Waals surface area contributed by atoms with Crippen LogP contribution >= 0.6 is 0 Å². The van der Waals surface area contributed by atoms with Crippen LogP contribution in [0.25, 0.3) is 0 Å². The molecule has 100 valence electrons. The zero-order valence-corrected chi connectivity index (χ0v) is 11.1. The van der Waals surface area contributed by atoms with E-state index in [0.29, 0.717) is 0 Å². The lowest BCUT2D eigenvalue weighted by Gasteiger charge is -2.30. The Morgan fingerprint density at radius 2 is 2.22 bits per heavy atom. The molecular weight excluding hydrogens is 224 g/mol. The first-order valence-electron chi connectivity index (χ1n) is 7.35. The van der Waals surface area contributed by atoms with E-state index in [-0.39, 0.29) is 0 Å². The number of aromatic nitrogens is 2. The maximum Gasteiger partial charge on any atom is 0.0946 e. The van der Waals surface area contributed by atoms with Crippen molar-refractivity contribution in [3.8, 4) is 0 Å². The summed E-state index contributed by atoms with van der Waals surface area (Å²) in [4.78, 5) is 6.79. The summed E-state index contributed by atoms with van der Waals surface area (Å²) < 4.78 is 2.18. The number of rotatable bonds is 6. The minimum absolute atomic E-state index is 0.724. The molecule has 1 N–H and O–H groups in total. The first-order chi connectivity index (χ1) is 8.92. The molecule has 0 radical (unpaired) electrons. The van der Waals surface area contributed by atoms with Crippen LogP contribution in [-0.4, -0.2) is 46.2 Å². The molecule has 2 aliphatic rings. The lowest BCUT2D eigenvalue weighted by molar-refractivity contribution is 0.208. The average Bonchev–Trinajstić information content (AvgIpc) is 3.12. The standard InChI is InChI=1S/C14H24N4/c1-2-6-16-13(3-1)11-18(14-4-5-14)10-9-17-8-7-15-12-17/h7-8,12-14,16H,1-6,9-11H2. The van der Waals surface area contributed by atoms with Crippen LogP contribution in [0.5, 0.6) is 0 Å². The largest absolute Gasteiger partial charge is 0.336 e. The van der Waals surface area contributed by atoms with Gasteiger partial charge in [0.15, 0.2) is 0 Å². The maximum absolute atomic E-state index is 4.11. The van der Waals surface area contributed by atoms with Crippen molar-refractivity contribution in [2.24, 2.45) is 0 Å². The maximum atomic E-state index is 4.11. The van der Waals surface area contributed by atoms with E-state index in [2.05, 4.69) is 26.0 Å². The molecule has 2 fully saturated rings. The molecule has 18 heavy (non-hydrogen) atoms. The highest BCUT2D eigenvalue weighted by molar-refractivity contribution is 4.88. The van der Waals surface area contributed by atoms with E-state index in [1.54, 1.807) is 0 Å². The van der Waals surface area contributed by atoms with Gasteiger partial charge in [-0.1, -0.05) is 6.42 Å². The molecule has 0 bridgehead atoms. The smallest absolute Gasteiger partial charge is 0.0946 e. The highest BCUT2D eigenvalue weighted by Gasteiger charge is 2.30. The molecule has 1 saturated heterocycles. The van der Waals surface area contributed by atoms with E-state index in [0.717, 1.165) is 18.6 Å². The SMILES string of the molecule is c1cn(CCN(CC2CCCCN2)C2CC2)cn1. The van der Waals surface area contributed by atoms with Gasteiger partial charge in [0, 0.05) is 44.1 Å². The Labute approximate surface area is 109 Å². The van der Waals surface area contributed by atoms with Crippen molar-refractivity contribution in [1.82, 2.24) is 19.8 Å². The summed E-state index contributed by atoms with van der Waals surface area (Å²) in [6.07, 6.45) is 12.8. The summed E-state index contributed by atoms with van der Waals surface area (Å²) in [7, 11) is 0. The molecule has 1 aromatic heterocycles. The third-order valence-corrected chi connectivity index (χ3v) is 4.14. The fourth-order valence-corrected chi connectivity index (χ4v) is 2.89. The number of imidazole rings is 1. The number of hydrogen-bond acceptors (Lipinski definition) is 3. The van der Waals surface area contributed by atoms with Crippen molar-refractivity contribution in [2.75, 3.05) is 19.6 Å². The number of nitrogens with one attached hydrogen (secondary N) is 1. The van der Waals surface area contributed by atoms with Crippen LogP contribution < -0.4 is 5.32 Å². The fourth-order valence-electron chi connectivity index (χ4n) is 2.89. The Morgan fingerprint density at radius 1 is 1.28 bits per heavy atom. The second-order valence-corrected chi connectivity index (χ2v) is 5.67. The van der Waals surface area contributed by atoms with Gasteiger partial charge >= 0.3 is 0 Å². The Kier molecular flexibility index (Phi) is 3.96. The summed E-state index contributed by atoms with van der Waals surface area (Å²) >= 11 is 0. The van der Waals surface area contributed by atoms with E-state index in [1.807, 2.05) is 12.5 Å². The Balaban J connectivity index is 1.48. The molecular formula is C14H24N4. The van der Waals surface area contributed by atoms with Gasteiger partial charge in [-0.15, -0.1) is 0 Å². The van der Waals surface area contributed by atoms with Crippen LogP contribution in [0.15, 0.2) is 18.7 Å². The van der Waals surface area contributed by atoms with Gasteiger partial charge in [0.05, 0.1) is 6.33 Å². The molecule has 0 aromatic carbocycles. The zero-order valence-electron chi connectivity index (χ0n) is 11.1. The Bertz CT molecular complexity index is 339. The Morgan fingerprint density at radius 3 is 2.89 bits per heavy atom. The molecule has 1 aromatic rings. The van der Waals surface area contributed by atoms with Gasteiger partial charge in [0.2, 0.25) is 0 Å². The fraction of sp³-hybridized carbons (Fsp3) is 0.786. The lowest BCUT2D eigenvalue weighted by Crippen LogP contribution is -2.45. The normalized spacial score (nSPS) is 24.6. The van der Waals surface area contributed by atoms with E-state index in [9.17, 15) is 0 Å². The predicted molar refractivity (Wildman–Crippen MR) is 72.5 cm³/mol. The van der Waals surface area contributed by atoms with E-state index < -0.39 is 0 Å². The number of hydrogen-bond donors (Lipinski definition) is 1. The van der Waals surface area contributed by atoms with Crippen LogP contribution in [-0.2, 0) is 6.54 Å². The Hall–Kier alpha value is -0.870. The van der Waals surface area contributed by atoms with Gasteiger partial charge in [-0.25, -0.2) is 4.98 Å². The molecule has 3 rings (SSSR count). The van der Waals surface area contributed by atoms with Crippen molar-refractivity contribution in [2.45, 2.75) is 50.7 Å². The van der Waals surface area contributed by atoms with Gasteiger partial charge in [-0.05, 0) is 32.2 Å². The van der Waals surface area contributed by atoms with E-state index in [1.165, 1.54) is 51.7 Å². The van der Waals surface area contributed by atoms with Crippen molar-refractivity contribution in [3.63, 3.8) is 0 Å². The summed E-state index contributed by atoms with van der Waals surface area (Å²) in [5.41, 5.74) is 0. The molecule has 1 saturated carbocycles. The monoisotopic (exact) mass is 248 g/mol. The van der Waals surface area contributed by atoms with Crippen LogP contribution in [0.4, 0.5) is 0 Å². The van der Waals surface area contributed by atoms with Crippen LogP contribution in [0, 0.1) is 0 Å². The van der Waals surface area contributed by atoms with Crippen molar-refractivity contribution in [3.05, 3.63) is 18.7 Å². The summed E-state index contributed by atoms with van der Waals surface area (Å²) in [6, 6.07) is 1.58. The second-order valence-electron chi connectivity index (χ2n) is 5.67. The van der Waals surface area contributed by atoms with Gasteiger partial charge in [0.25, 0.3) is 0 Å². The summed E-state index contributed by atoms with van der Waals surface area (Å²) in [5, 5.41) is 3.66. The average molecular weight is 248 g/mol. The van der Waals surface area contributed by atoms with Gasteiger partial charge < -0.3 is 9.88 Å².